The van der Waals surface area contributed by atoms with Gasteiger partial charge < -0.3 is 15.8 Å². The first-order valence-electron chi connectivity index (χ1n) is 10.4. The molecule has 1 unspecified atom stereocenters. The summed E-state index contributed by atoms with van der Waals surface area (Å²) in [6.45, 7) is -0.356. The third-order valence-corrected chi connectivity index (χ3v) is 5.17. The number of rotatable bonds is 8. The molecular formula is C24H16F10N2O2. The quantitative estimate of drug-likeness (QED) is 0.320. The fraction of sp³-hybridized carbons (Fsp3) is 0.208. The Bertz CT molecular complexity index is 1330. The summed E-state index contributed by atoms with van der Waals surface area (Å²) in [5.41, 5.74) is 2.46. The number of halogens is 10. The molecule has 0 saturated heterocycles. The first-order chi connectivity index (χ1) is 17.6. The van der Waals surface area contributed by atoms with E-state index >= 15 is 0 Å². The Hall–Kier alpha value is -3.81. The van der Waals surface area contributed by atoms with Crippen LogP contribution in [0.15, 0.2) is 54.6 Å². The fourth-order valence-corrected chi connectivity index (χ4v) is 3.40. The second-order valence-corrected chi connectivity index (χ2v) is 7.84. The zero-order valence-corrected chi connectivity index (χ0v) is 18.7. The summed E-state index contributed by atoms with van der Waals surface area (Å²) in [6, 6.07) is 4.52. The van der Waals surface area contributed by atoms with Crippen LogP contribution in [0.5, 0.6) is 5.75 Å². The van der Waals surface area contributed by atoms with Crippen molar-refractivity contribution < 1.29 is 53.4 Å². The number of ether oxygens (including phenoxy) is 1. The Labute approximate surface area is 208 Å². The van der Waals surface area contributed by atoms with E-state index in [4.69, 9.17) is 5.73 Å². The summed E-state index contributed by atoms with van der Waals surface area (Å²) in [4.78, 5) is 12.9. The van der Waals surface area contributed by atoms with Crippen molar-refractivity contribution >= 4 is 5.91 Å². The van der Waals surface area contributed by atoms with Crippen LogP contribution in [0.1, 0.15) is 38.7 Å². The molecule has 0 radical (unpaired) electrons. The van der Waals surface area contributed by atoms with Crippen molar-refractivity contribution in [2.75, 3.05) is 0 Å². The predicted octanol–water partition coefficient (Wildman–Crippen LogP) is 6.34. The van der Waals surface area contributed by atoms with Gasteiger partial charge in [0.1, 0.15) is 23.2 Å². The van der Waals surface area contributed by atoms with E-state index in [0.717, 1.165) is 24.3 Å². The Morgan fingerprint density at radius 1 is 0.868 bits per heavy atom. The standard InChI is InChI=1S/C24H16F10N2O2/c25-15-6-13(7-16(9-15)38-24(33,34)22(28)29)20(11-1-3-18(26)14(5-11)10-35)36-21(37)12-2-4-19(27)17(8-12)23(30,31)32/h1-9,20,22H,10,35H2,(H,36,37). The van der Waals surface area contributed by atoms with Crippen LogP contribution < -0.4 is 15.8 Å². The summed E-state index contributed by atoms with van der Waals surface area (Å²) in [5.74, 6) is -6.06. The van der Waals surface area contributed by atoms with Gasteiger partial charge in [0, 0.05) is 23.7 Å². The van der Waals surface area contributed by atoms with E-state index in [9.17, 15) is 48.7 Å². The number of hydrogen-bond donors (Lipinski definition) is 2. The van der Waals surface area contributed by atoms with Crippen LogP contribution >= 0.6 is 0 Å². The molecule has 0 aromatic heterocycles. The second-order valence-electron chi connectivity index (χ2n) is 7.84. The van der Waals surface area contributed by atoms with Crippen LogP contribution in [-0.2, 0) is 12.7 Å². The molecule has 38 heavy (non-hydrogen) atoms. The van der Waals surface area contributed by atoms with E-state index in [1.807, 2.05) is 0 Å². The third kappa shape index (κ3) is 6.54. The topological polar surface area (TPSA) is 64.3 Å². The molecule has 1 atom stereocenters. The number of nitrogens with two attached hydrogens (primary N) is 1. The molecule has 3 N–H and O–H groups in total. The average Bonchev–Trinajstić information content (AvgIpc) is 2.81. The van der Waals surface area contributed by atoms with Gasteiger partial charge in [-0.3, -0.25) is 4.79 Å². The van der Waals surface area contributed by atoms with Crippen molar-refractivity contribution in [3.05, 3.63) is 99.9 Å². The molecule has 0 spiro atoms. The van der Waals surface area contributed by atoms with Gasteiger partial charge in [-0.2, -0.15) is 30.7 Å². The molecular weight excluding hydrogens is 538 g/mol. The number of benzene rings is 3. The first-order valence-corrected chi connectivity index (χ1v) is 10.4. The molecule has 4 nitrogen and oxygen atoms in total. The van der Waals surface area contributed by atoms with E-state index in [-0.39, 0.29) is 23.7 Å². The molecule has 0 bridgehead atoms. The molecule has 0 heterocycles. The van der Waals surface area contributed by atoms with Gasteiger partial charge in [-0.1, -0.05) is 6.07 Å². The molecule has 3 aromatic carbocycles. The van der Waals surface area contributed by atoms with Crippen LogP contribution in [0.4, 0.5) is 43.9 Å². The largest absolute Gasteiger partial charge is 0.461 e. The second kappa shape index (κ2) is 10.9. The highest BCUT2D eigenvalue weighted by molar-refractivity contribution is 5.95. The van der Waals surface area contributed by atoms with Crippen LogP contribution in [-0.4, -0.2) is 18.4 Å². The Morgan fingerprint density at radius 2 is 1.53 bits per heavy atom. The van der Waals surface area contributed by atoms with Gasteiger partial charge in [-0.15, -0.1) is 0 Å². The Kier molecular flexibility index (Phi) is 8.24. The van der Waals surface area contributed by atoms with E-state index in [2.05, 4.69) is 10.1 Å². The van der Waals surface area contributed by atoms with Crippen molar-refractivity contribution in [2.24, 2.45) is 5.73 Å². The van der Waals surface area contributed by atoms with E-state index in [1.54, 1.807) is 0 Å². The number of alkyl halides is 7. The minimum Gasteiger partial charge on any atom is -0.428 e. The average molecular weight is 554 g/mol. The highest BCUT2D eigenvalue weighted by Crippen LogP contribution is 2.34. The zero-order chi connectivity index (χ0) is 28.4. The Morgan fingerprint density at radius 3 is 2.13 bits per heavy atom. The van der Waals surface area contributed by atoms with E-state index in [0.29, 0.717) is 24.3 Å². The molecule has 1 amide bonds. The van der Waals surface area contributed by atoms with Gasteiger partial charge in [0.15, 0.2) is 0 Å². The molecule has 0 aliphatic rings. The number of hydrogen-bond acceptors (Lipinski definition) is 3. The highest BCUT2D eigenvalue weighted by Gasteiger charge is 2.44. The lowest BCUT2D eigenvalue weighted by Crippen LogP contribution is -2.33. The molecule has 14 heteroatoms. The van der Waals surface area contributed by atoms with Gasteiger partial charge in [-0.05, 0) is 53.6 Å². The summed E-state index contributed by atoms with van der Waals surface area (Å²) >= 11 is 0. The summed E-state index contributed by atoms with van der Waals surface area (Å²) in [7, 11) is 0. The maximum absolute atomic E-state index is 14.3. The van der Waals surface area contributed by atoms with Crippen LogP contribution in [0.25, 0.3) is 0 Å². The predicted molar refractivity (Wildman–Crippen MR) is 113 cm³/mol. The SMILES string of the molecule is NCc1cc(C(NC(=O)c2ccc(F)c(C(F)(F)F)c2)c2cc(F)cc(OC(F)(F)C(F)F)c2)ccc1F. The minimum atomic E-state index is -5.16. The monoisotopic (exact) mass is 554 g/mol. The summed E-state index contributed by atoms with van der Waals surface area (Å²) < 4.78 is 137. The van der Waals surface area contributed by atoms with Gasteiger partial charge in [0.2, 0.25) is 0 Å². The number of carbonyl (C=O) groups excluding carboxylic acids is 1. The lowest BCUT2D eigenvalue weighted by atomic mass is 9.95. The number of amides is 1. The Balaban J connectivity index is 2.10. The van der Waals surface area contributed by atoms with Gasteiger partial charge >= 0.3 is 18.7 Å². The van der Waals surface area contributed by atoms with Crippen molar-refractivity contribution in [3.8, 4) is 5.75 Å². The van der Waals surface area contributed by atoms with Crippen molar-refractivity contribution in [1.82, 2.24) is 5.32 Å². The molecule has 0 saturated carbocycles. The maximum atomic E-state index is 14.3. The smallest absolute Gasteiger partial charge is 0.428 e. The van der Waals surface area contributed by atoms with E-state index < -0.39 is 70.6 Å². The fourth-order valence-electron chi connectivity index (χ4n) is 3.40. The lowest BCUT2D eigenvalue weighted by Gasteiger charge is -2.23. The molecule has 0 aliphatic heterocycles. The van der Waals surface area contributed by atoms with Gasteiger partial charge in [-0.25, -0.2) is 13.2 Å². The molecule has 3 rings (SSSR count). The lowest BCUT2D eigenvalue weighted by molar-refractivity contribution is -0.253. The van der Waals surface area contributed by atoms with Crippen molar-refractivity contribution in [1.29, 1.82) is 0 Å². The highest BCUT2D eigenvalue weighted by atomic mass is 19.4. The number of nitrogens with one attached hydrogen (secondary N) is 1. The molecule has 0 aliphatic carbocycles. The minimum absolute atomic E-state index is 0.0458. The first kappa shape index (κ1) is 28.8. The van der Waals surface area contributed by atoms with Crippen LogP contribution in [0.2, 0.25) is 0 Å². The summed E-state index contributed by atoms with van der Waals surface area (Å²) in [5, 5.41) is 2.22. The van der Waals surface area contributed by atoms with Gasteiger partial charge in [0.05, 0.1) is 11.6 Å². The van der Waals surface area contributed by atoms with Crippen LogP contribution in [0, 0.1) is 17.5 Å². The van der Waals surface area contributed by atoms with Crippen molar-refractivity contribution in [3.63, 3.8) is 0 Å². The molecule has 3 aromatic rings. The van der Waals surface area contributed by atoms with E-state index in [1.165, 1.54) is 0 Å². The third-order valence-electron chi connectivity index (χ3n) is 5.17. The zero-order valence-electron chi connectivity index (χ0n) is 18.7. The normalized spacial score (nSPS) is 12.9. The van der Waals surface area contributed by atoms with Crippen molar-refractivity contribution in [2.45, 2.75) is 31.3 Å². The van der Waals surface area contributed by atoms with Crippen LogP contribution in [0.3, 0.4) is 0 Å². The maximum Gasteiger partial charge on any atom is 0.461 e. The number of carbonyl (C=O) groups is 1. The molecule has 0 fully saturated rings. The summed E-state index contributed by atoms with van der Waals surface area (Å²) in [6.07, 6.45) is -14.5. The van der Waals surface area contributed by atoms with Gasteiger partial charge in [0.25, 0.3) is 5.91 Å². The molecule has 204 valence electrons.